The van der Waals surface area contributed by atoms with E-state index in [9.17, 15) is 10.2 Å². The maximum Gasteiger partial charge on any atom is 0.173 e. The van der Waals surface area contributed by atoms with E-state index in [1.165, 1.54) is 18.4 Å². The van der Waals surface area contributed by atoms with Gasteiger partial charge in [0.05, 0.1) is 0 Å². The minimum atomic E-state index is -1.48. The van der Waals surface area contributed by atoms with Crippen LogP contribution in [0.25, 0.3) is 0 Å². The normalized spacial score (nSPS) is 32.1. The van der Waals surface area contributed by atoms with Crippen LogP contribution in [0.5, 0.6) is 0 Å². The summed E-state index contributed by atoms with van der Waals surface area (Å²) in [5, 5.41) is 21.0. The first-order valence-corrected chi connectivity index (χ1v) is 8.54. The van der Waals surface area contributed by atoms with E-state index in [-0.39, 0.29) is 11.8 Å². The molecule has 22 heavy (non-hydrogen) atoms. The SMILES string of the molecule is OC1(O)C2CN(Cc3ccccc3)CC1CN(CC1CC1)C2. The van der Waals surface area contributed by atoms with E-state index in [4.69, 9.17) is 0 Å². The fourth-order valence-electron chi connectivity index (χ4n) is 4.17. The Morgan fingerprint density at radius 2 is 1.50 bits per heavy atom. The molecule has 2 atom stereocenters. The third-order valence-corrected chi connectivity index (χ3v) is 5.58. The van der Waals surface area contributed by atoms with Crippen LogP contribution in [0.15, 0.2) is 30.3 Å². The summed E-state index contributed by atoms with van der Waals surface area (Å²) in [6.07, 6.45) is 2.71. The van der Waals surface area contributed by atoms with Gasteiger partial charge >= 0.3 is 0 Å². The van der Waals surface area contributed by atoms with Gasteiger partial charge in [-0.3, -0.25) is 4.90 Å². The number of fused-ring (bicyclic) bond motifs is 2. The summed E-state index contributed by atoms with van der Waals surface area (Å²) in [7, 11) is 0. The molecule has 0 amide bonds. The van der Waals surface area contributed by atoms with E-state index in [0.29, 0.717) is 0 Å². The van der Waals surface area contributed by atoms with Gasteiger partial charge in [-0.1, -0.05) is 30.3 Å². The second-order valence-electron chi connectivity index (χ2n) is 7.52. The van der Waals surface area contributed by atoms with Crippen LogP contribution in [0.2, 0.25) is 0 Å². The smallest absolute Gasteiger partial charge is 0.173 e. The minimum Gasteiger partial charge on any atom is -0.365 e. The van der Waals surface area contributed by atoms with Crippen molar-refractivity contribution < 1.29 is 10.2 Å². The molecule has 2 heterocycles. The van der Waals surface area contributed by atoms with Gasteiger partial charge in [0, 0.05) is 51.1 Å². The van der Waals surface area contributed by atoms with E-state index < -0.39 is 5.79 Å². The lowest BCUT2D eigenvalue weighted by Gasteiger charge is -2.53. The summed E-state index contributed by atoms with van der Waals surface area (Å²) in [6.45, 7) is 5.27. The number of rotatable bonds is 4. The number of hydrogen-bond donors (Lipinski definition) is 2. The predicted molar refractivity (Wildman–Crippen MR) is 85.0 cm³/mol. The summed E-state index contributed by atoms with van der Waals surface area (Å²) < 4.78 is 0. The van der Waals surface area contributed by atoms with Crippen LogP contribution in [0.1, 0.15) is 18.4 Å². The summed E-state index contributed by atoms with van der Waals surface area (Å²) in [4.78, 5) is 4.86. The van der Waals surface area contributed by atoms with Gasteiger partial charge in [0.1, 0.15) is 0 Å². The fraction of sp³-hybridized carbons (Fsp3) is 0.667. The Hall–Kier alpha value is -0.940. The molecule has 1 saturated carbocycles. The van der Waals surface area contributed by atoms with Crippen LogP contribution in [-0.4, -0.2) is 58.5 Å². The molecule has 2 saturated heterocycles. The highest BCUT2D eigenvalue weighted by Crippen LogP contribution is 2.38. The van der Waals surface area contributed by atoms with Gasteiger partial charge in [-0.15, -0.1) is 0 Å². The monoisotopic (exact) mass is 302 g/mol. The lowest BCUT2D eigenvalue weighted by atomic mass is 9.78. The van der Waals surface area contributed by atoms with Crippen molar-refractivity contribution in [1.82, 2.24) is 9.80 Å². The number of nitrogens with zero attached hydrogens (tertiary/aromatic N) is 2. The fourth-order valence-corrected chi connectivity index (χ4v) is 4.17. The molecule has 4 nitrogen and oxygen atoms in total. The number of aliphatic hydroxyl groups is 2. The number of piperidine rings is 2. The highest BCUT2D eigenvalue weighted by atomic mass is 16.5. The Bertz CT molecular complexity index is 497. The molecule has 2 N–H and O–H groups in total. The van der Waals surface area contributed by atoms with Crippen molar-refractivity contribution in [3.63, 3.8) is 0 Å². The van der Waals surface area contributed by atoms with Gasteiger partial charge in [-0.25, -0.2) is 0 Å². The highest BCUT2D eigenvalue weighted by molar-refractivity contribution is 5.15. The van der Waals surface area contributed by atoms with Gasteiger partial charge in [0.25, 0.3) is 0 Å². The third-order valence-electron chi connectivity index (χ3n) is 5.58. The Kier molecular flexibility index (Phi) is 3.73. The van der Waals surface area contributed by atoms with E-state index in [1.54, 1.807) is 0 Å². The first-order chi connectivity index (χ1) is 10.6. The average molecular weight is 302 g/mol. The van der Waals surface area contributed by atoms with Crippen molar-refractivity contribution in [1.29, 1.82) is 0 Å². The second-order valence-corrected chi connectivity index (χ2v) is 7.52. The van der Waals surface area contributed by atoms with E-state index in [0.717, 1.165) is 45.2 Å². The second kappa shape index (κ2) is 5.60. The molecule has 0 spiro atoms. The molecule has 120 valence electrons. The lowest BCUT2D eigenvalue weighted by Crippen LogP contribution is -2.67. The van der Waals surface area contributed by atoms with Gasteiger partial charge in [-0.2, -0.15) is 0 Å². The Labute approximate surface area is 132 Å². The minimum absolute atomic E-state index is 0.0533. The molecular formula is C18H26N2O2. The standard InChI is InChI=1S/C18H26N2O2/c21-18(22)16-10-19(8-14-4-2-1-3-5-14)11-17(18)13-20(12-16)9-15-6-7-15/h1-5,15-17,21-22H,6-13H2. The largest absolute Gasteiger partial charge is 0.365 e. The van der Waals surface area contributed by atoms with Crippen LogP contribution in [-0.2, 0) is 6.54 Å². The zero-order chi connectivity index (χ0) is 15.2. The molecule has 3 aliphatic rings. The van der Waals surface area contributed by atoms with Crippen LogP contribution in [0.3, 0.4) is 0 Å². The third kappa shape index (κ3) is 2.93. The van der Waals surface area contributed by atoms with Crippen LogP contribution < -0.4 is 0 Å². The predicted octanol–water partition coefficient (Wildman–Crippen LogP) is 1.14. The van der Waals surface area contributed by atoms with Crippen molar-refractivity contribution in [2.75, 3.05) is 32.7 Å². The first-order valence-electron chi connectivity index (χ1n) is 8.54. The highest BCUT2D eigenvalue weighted by Gasteiger charge is 2.51. The van der Waals surface area contributed by atoms with Gasteiger partial charge < -0.3 is 15.1 Å². The van der Waals surface area contributed by atoms with E-state index >= 15 is 0 Å². The van der Waals surface area contributed by atoms with Crippen molar-refractivity contribution >= 4 is 0 Å². The number of hydrogen-bond acceptors (Lipinski definition) is 4. The molecule has 4 heteroatoms. The summed E-state index contributed by atoms with van der Waals surface area (Å²) in [5.74, 6) is -0.719. The van der Waals surface area contributed by atoms with Crippen LogP contribution in [0, 0.1) is 17.8 Å². The number of benzene rings is 1. The molecule has 3 fully saturated rings. The maximum absolute atomic E-state index is 10.5. The van der Waals surface area contributed by atoms with Gasteiger partial charge in [-0.05, 0) is 24.3 Å². The van der Waals surface area contributed by atoms with Crippen molar-refractivity contribution in [2.24, 2.45) is 17.8 Å². The lowest BCUT2D eigenvalue weighted by molar-refractivity contribution is -0.283. The molecule has 4 rings (SSSR count). The van der Waals surface area contributed by atoms with Crippen molar-refractivity contribution in [3.05, 3.63) is 35.9 Å². The van der Waals surface area contributed by atoms with Gasteiger partial charge in [0.2, 0.25) is 0 Å². The van der Waals surface area contributed by atoms with Crippen LogP contribution in [0.4, 0.5) is 0 Å². The molecule has 0 aromatic heterocycles. The summed E-state index contributed by atoms with van der Waals surface area (Å²) in [6, 6.07) is 10.5. The maximum atomic E-state index is 10.5. The quantitative estimate of drug-likeness (QED) is 0.819. The molecule has 1 aromatic carbocycles. The Morgan fingerprint density at radius 3 is 2.09 bits per heavy atom. The topological polar surface area (TPSA) is 46.9 Å². The van der Waals surface area contributed by atoms with E-state index in [2.05, 4.69) is 34.1 Å². The van der Waals surface area contributed by atoms with Crippen molar-refractivity contribution in [3.8, 4) is 0 Å². The molecule has 2 aliphatic heterocycles. The first kappa shape index (κ1) is 14.6. The zero-order valence-electron chi connectivity index (χ0n) is 13.1. The van der Waals surface area contributed by atoms with E-state index in [1.807, 2.05) is 6.07 Å². The number of likely N-dealkylation sites (tertiary alicyclic amines) is 2. The molecule has 0 radical (unpaired) electrons. The summed E-state index contributed by atoms with van der Waals surface area (Å²) >= 11 is 0. The molecular weight excluding hydrogens is 276 g/mol. The molecule has 1 aromatic rings. The van der Waals surface area contributed by atoms with Gasteiger partial charge in [0.15, 0.2) is 5.79 Å². The molecule has 2 unspecified atom stereocenters. The van der Waals surface area contributed by atoms with Crippen molar-refractivity contribution in [2.45, 2.75) is 25.2 Å². The Balaban J connectivity index is 1.43. The average Bonchev–Trinajstić information content (AvgIpc) is 3.26. The molecule has 1 aliphatic carbocycles. The molecule has 2 bridgehead atoms. The Morgan fingerprint density at radius 1 is 0.909 bits per heavy atom. The van der Waals surface area contributed by atoms with Crippen LogP contribution >= 0.6 is 0 Å². The summed E-state index contributed by atoms with van der Waals surface area (Å²) in [5.41, 5.74) is 1.30. The zero-order valence-corrected chi connectivity index (χ0v) is 13.1.